The Morgan fingerprint density at radius 1 is 1.62 bits per heavy atom. The first-order valence-corrected chi connectivity index (χ1v) is 3.82. The molecule has 0 bridgehead atoms. The fraction of sp³-hybridized carbons (Fsp3) is 0.714. The normalized spacial score (nSPS) is 22.5. The van der Waals surface area contributed by atoms with Crippen molar-refractivity contribution in [3.8, 4) is 0 Å². The van der Waals surface area contributed by atoms with Crippen LogP contribution >= 0.6 is 0 Å². The summed E-state index contributed by atoms with van der Waals surface area (Å²) in [5.74, 6) is -1.08. The van der Waals surface area contributed by atoms with E-state index in [1.807, 2.05) is 0 Å². The Kier molecular flexibility index (Phi) is 3.07. The van der Waals surface area contributed by atoms with E-state index in [1.165, 1.54) is 7.11 Å². The van der Waals surface area contributed by atoms with Gasteiger partial charge in [-0.25, -0.2) is 9.59 Å². The third-order valence-corrected chi connectivity index (χ3v) is 1.82. The molecule has 0 aromatic heterocycles. The molecule has 6 nitrogen and oxygen atoms in total. The number of rotatable bonds is 1. The smallest absolute Gasteiger partial charge is 0.410 e. The van der Waals surface area contributed by atoms with Crippen molar-refractivity contribution in [1.82, 2.24) is 4.90 Å². The van der Waals surface area contributed by atoms with E-state index in [1.54, 1.807) is 0 Å². The maximum atomic E-state index is 11.1. The number of carbonyl (C=O) groups excluding carboxylic acids is 1. The largest absolute Gasteiger partial charge is 0.480 e. The number of ether oxygens (including phenoxy) is 2. The first-order valence-electron chi connectivity index (χ1n) is 3.82. The topological polar surface area (TPSA) is 76.1 Å². The lowest BCUT2D eigenvalue weighted by atomic mass is 10.2. The zero-order valence-electron chi connectivity index (χ0n) is 7.23. The van der Waals surface area contributed by atoms with Crippen LogP contribution < -0.4 is 0 Å². The quantitative estimate of drug-likeness (QED) is 0.604. The van der Waals surface area contributed by atoms with Crippen molar-refractivity contribution in [2.24, 2.45) is 0 Å². The molecule has 6 heteroatoms. The monoisotopic (exact) mass is 189 g/mol. The SMILES string of the molecule is COC(=O)N1CCOCC1C(=O)O. The average Bonchev–Trinajstić information content (AvgIpc) is 2.16. The fourth-order valence-corrected chi connectivity index (χ4v) is 1.14. The van der Waals surface area contributed by atoms with E-state index >= 15 is 0 Å². The van der Waals surface area contributed by atoms with E-state index in [0.29, 0.717) is 6.61 Å². The molecule has 1 amide bonds. The number of hydrogen-bond acceptors (Lipinski definition) is 4. The predicted molar refractivity (Wildman–Crippen MR) is 41.4 cm³/mol. The maximum absolute atomic E-state index is 11.1. The van der Waals surface area contributed by atoms with Gasteiger partial charge in [-0.3, -0.25) is 4.90 Å². The lowest BCUT2D eigenvalue weighted by Gasteiger charge is -2.31. The van der Waals surface area contributed by atoms with Crippen molar-refractivity contribution in [3.63, 3.8) is 0 Å². The fourth-order valence-electron chi connectivity index (χ4n) is 1.14. The first kappa shape index (κ1) is 9.79. The molecule has 74 valence electrons. The van der Waals surface area contributed by atoms with Crippen molar-refractivity contribution >= 4 is 12.1 Å². The number of aliphatic carboxylic acids is 1. The van der Waals surface area contributed by atoms with Crippen LogP contribution in [-0.2, 0) is 14.3 Å². The molecule has 1 aliphatic rings. The van der Waals surface area contributed by atoms with Crippen molar-refractivity contribution < 1.29 is 24.2 Å². The van der Waals surface area contributed by atoms with E-state index in [-0.39, 0.29) is 13.2 Å². The van der Waals surface area contributed by atoms with E-state index in [2.05, 4.69) is 4.74 Å². The van der Waals surface area contributed by atoms with Crippen LogP contribution in [0.4, 0.5) is 4.79 Å². The molecule has 1 rings (SSSR count). The van der Waals surface area contributed by atoms with E-state index in [4.69, 9.17) is 9.84 Å². The van der Waals surface area contributed by atoms with Gasteiger partial charge in [0, 0.05) is 6.54 Å². The van der Waals surface area contributed by atoms with Gasteiger partial charge in [0.15, 0.2) is 6.04 Å². The Balaban J connectivity index is 2.67. The number of nitrogens with zero attached hydrogens (tertiary/aromatic N) is 1. The molecule has 0 radical (unpaired) electrons. The summed E-state index contributed by atoms with van der Waals surface area (Å²) in [5, 5.41) is 8.72. The van der Waals surface area contributed by atoms with Crippen LogP contribution in [0.15, 0.2) is 0 Å². The predicted octanol–water partition coefficient (Wildman–Crippen LogP) is -0.462. The summed E-state index contributed by atoms with van der Waals surface area (Å²) in [7, 11) is 1.22. The molecule has 1 unspecified atom stereocenters. The maximum Gasteiger partial charge on any atom is 0.410 e. The molecule has 1 fully saturated rings. The number of methoxy groups -OCH3 is 1. The molecule has 1 N–H and O–H groups in total. The van der Waals surface area contributed by atoms with Gasteiger partial charge in [0.1, 0.15) is 0 Å². The summed E-state index contributed by atoms with van der Waals surface area (Å²) < 4.78 is 9.38. The number of amides is 1. The minimum absolute atomic E-state index is 0.0183. The van der Waals surface area contributed by atoms with E-state index < -0.39 is 18.1 Å². The molecular formula is C7H11NO5. The second-order valence-corrected chi connectivity index (χ2v) is 2.59. The Hall–Kier alpha value is -1.30. The summed E-state index contributed by atoms with van der Waals surface area (Å²) in [5.41, 5.74) is 0. The molecule has 13 heavy (non-hydrogen) atoms. The summed E-state index contributed by atoms with van der Waals surface area (Å²) in [4.78, 5) is 22.9. The van der Waals surface area contributed by atoms with E-state index in [0.717, 1.165) is 4.90 Å². The highest BCUT2D eigenvalue weighted by molar-refractivity contribution is 5.80. The third kappa shape index (κ3) is 2.09. The lowest BCUT2D eigenvalue weighted by Crippen LogP contribution is -2.52. The van der Waals surface area contributed by atoms with Crippen molar-refractivity contribution in [2.45, 2.75) is 6.04 Å². The first-order chi connectivity index (χ1) is 6.16. The van der Waals surface area contributed by atoms with Gasteiger partial charge in [-0.15, -0.1) is 0 Å². The van der Waals surface area contributed by atoms with Gasteiger partial charge in [0.25, 0.3) is 0 Å². The Bertz CT molecular complexity index is 217. The molecule has 1 saturated heterocycles. The van der Waals surface area contributed by atoms with Crippen LogP contribution in [0.25, 0.3) is 0 Å². The Morgan fingerprint density at radius 2 is 2.31 bits per heavy atom. The Labute approximate surface area is 75.0 Å². The number of carboxylic acids is 1. The van der Waals surface area contributed by atoms with E-state index in [9.17, 15) is 9.59 Å². The van der Waals surface area contributed by atoms with Gasteiger partial charge in [-0.05, 0) is 0 Å². The minimum atomic E-state index is -1.08. The number of carboxylic acid groups (broad SMARTS) is 1. The number of hydrogen-bond donors (Lipinski definition) is 1. The van der Waals surface area contributed by atoms with Crippen molar-refractivity contribution in [1.29, 1.82) is 0 Å². The second kappa shape index (κ2) is 4.08. The standard InChI is InChI=1S/C7H11NO5/c1-12-7(11)8-2-3-13-4-5(8)6(9)10/h5H,2-4H2,1H3,(H,9,10). The van der Waals surface area contributed by atoms with Crippen LogP contribution in [0.1, 0.15) is 0 Å². The highest BCUT2D eigenvalue weighted by atomic mass is 16.5. The van der Waals surface area contributed by atoms with Gasteiger partial charge in [-0.2, -0.15) is 0 Å². The molecule has 0 aromatic rings. The van der Waals surface area contributed by atoms with Crippen molar-refractivity contribution in [3.05, 3.63) is 0 Å². The van der Waals surface area contributed by atoms with Gasteiger partial charge < -0.3 is 14.6 Å². The van der Waals surface area contributed by atoms with Gasteiger partial charge in [-0.1, -0.05) is 0 Å². The third-order valence-electron chi connectivity index (χ3n) is 1.82. The molecule has 1 aliphatic heterocycles. The second-order valence-electron chi connectivity index (χ2n) is 2.59. The minimum Gasteiger partial charge on any atom is -0.480 e. The van der Waals surface area contributed by atoms with Crippen LogP contribution in [0.5, 0.6) is 0 Å². The molecule has 0 spiro atoms. The van der Waals surface area contributed by atoms with Gasteiger partial charge >= 0.3 is 12.1 Å². The highest BCUT2D eigenvalue weighted by Crippen LogP contribution is 2.08. The van der Waals surface area contributed by atoms with Crippen LogP contribution in [-0.4, -0.2) is 55.0 Å². The molecular weight excluding hydrogens is 178 g/mol. The number of morpholine rings is 1. The highest BCUT2D eigenvalue weighted by Gasteiger charge is 2.33. The lowest BCUT2D eigenvalue weighted by molar-refractivity contribution is -0.148. The zero-order valence-corrected chi connectivity index (χ0v) is 7.23. The molecule has 0 aromatic carbocycles. The molecule has 0 aliphatic carbocycles. The van der Waals surface area contributed by atoms with Crippen LogP contribution in [0.2, 0.25) is 0 Å². The summed E-state index contributed by atoms with van der Waals surface area (Å²) >= 11 is 0. The average molecular weight is 189 g/mol. The summed E-state index contributed by atoms with van der Waals surface area (Å²) in [6.07, 6.45) is -0.629. The zero-order chi connectivity index (χ0) is 9.84. The van der Waals surface area contributed by atoms with Crippen LogP contribution in [0.3, 0.4) is 0 Å². The molecule has 0 saturated carbocycles. The van der Waals surface area contributed by atoms with Crippen LogP contribution in [0, 0.1) is 0 Å². The summed E-state index contributed by atoms with van der Waals surface area (Å²) in [6, 6.07) is -0.929. The van der Waals surface area contributed by atoms with Crippen molar-refractivity contribution in [2.75, 3.05) is 26.9 Å². The van der Waals surface area contributed by atoms with Gasteiger partial charge in [0.05, 0.1) is 20.3 Å². The Morgan fingerprint density at radius 3 is 2.85 bits per heavy atom. The van der Waals surface area contributed by atoms with Gasteiger partial charge in [0.2, 0.25) is 0 Å². The number of carbonyl (C=O) groups is 2. The molecule has 1 atom stereocenters. The summed E-state index contributed by atoms with van der Waals surface area (Å²) in [6.45, 7) is 0.618. The molecule has 1 heterocycles.